The van der Waals surface area contributed by atoms with Crippen LogP contribution in [-0.4, -0.2) is 23.9 Å². The first-order valence-electron chi connectivity index (χ1n) is 12.2. The fourth-order valence-electron chi connectivity index (χ4n) is 4.51. The van der Waals surface area contributed by atoms with Gasteiger partial charge in [-0.15, -0.1) is 0 Å². The minimum atomic E-state index is -4.67. The van der Waals surface area contributed by atoms with E-state index in [0.717, 1.165) is 25.3 Å². The highest BCUT2D eigenvalue weighted by Gasteiger charge is 2.38. The van der Waals surface area contributed by atoms with Crippen molar-refractivity contribution in [2.45, 2.75) is 38.4 Å². The smallest absolute Gasteiger partial charge is 0.416 e. The van der Waals surface area contributed by atoms with Crippen LogP contribution in [0.15, 0.2) is 89.1 Å². The second kappa shape index (κ2) is 11.6. The summed E-state index contributed by atoms with van der Waals surface area (Å²) in [5, 5.41) is 3.02. The standard InChI is InChI=1S/C29H24F7N3O2/c1-17-24(26(40)41-2)25(19-10-12-22(30)13-11-19)38-27(37-15-18-6-5-8-21(14-18)28(31,32)33)39(17)16-20-7-3-4-9-23(20)29(34,35)36/h3-14,25H,15-16H2,1-2H3,(H,37,38). The Morgan fingerprint density at radius 1 is 0.951 bits per heavy atom. The van der Waals surface area contributed by atoms with Gasteiger partial charge in [0, 0.05) is 5.70 Å². The molecule has 0 aromatic heterocycles. The summed E-state index contributed by atoms with van der Waals surface area (Å²) in [7, 11) is 1.14. The van der Waals surface area contributed by atoms with Gasteiger partial charge in [-0.2, -0.15) is 26.3 Å². The SMILES string of the molecule is COC(=O)C1=C(C)N(Cc2ccccc2C(F)(F)F)C(=NCc2cccc(C(F)(F)F)c2)NC1c1ccc(F)cc1. The summed E-state index contributed by atoms with van der Waals surface area (Å²) in [4.78, 5) is 18.7. The molecule has 1 heterocycles. The molecule has 1 aliphatic rings. The Hall–Kier alpha value is -4.35. The molecule has 3 aromatic rings. The minimum absolute atomic E-state index is 0.00105. The zero-order valence-corrected chi connectivity index (χ0v) is 21.8. The van der Waals surface area contributed by atoms with Crippen molar-refractivity contribution >= 4 is 11.9 Å². The van der Waals surface area contributed by atoms with E-state index in [1.807, 2.05) is 0 Å². The summed E-state index contributed by atoms with van der Waals surface area (Å²) in [6.45, 7) is 0.854. The number of benzene rings is 3. The molecule has 4 rings (SSSR count). The van der Waals surface area contributed by atoms with Crippen LogP contribution in [-0.2, 0) is 35.0 Å². The van der Waals surface area contributed by atoms with Crippen molar-refractivity contribution in [3.8, 4) is 0 Å². The molecule has 12 heteroatoms. The Balaban J connectivity index is 1.84. The highest BCUT2D eigenvalue weighted by molar-refractivity contribution is 5.96. The quantitative estimate of drug-likeness (QED) is 0.252. The Bertz CT molecular complexity index is 1480. The number of aliphatic imine (C=N–C) groups is 1. The maximum Gasteiger partial charge on any atom is 0.416 e. The van der Waals surface area contributed by atoms with Crippen LogP contribution in [0.1, 0.15) is 40.8 Å². The number of hydrogen-bond acceptors (Lipinski definition) is 3. The predicted molar refractivity (Wildman–Crippen MR) is 137 cm³/mol. The number of rotatable bonds is 6. The lowest BCUT2D eigenvalue weighted by Crippen LogP contribution is -2.49. The van der Waals surface area contributed by atoms with Crippen LogP contribution in [0.3, 0.4) is 0 Å². The van der Waals surface area contributed by atoms with Crippen LogP contribution in [0, 0.1) is 5.82 Å². The Morgan fingerprint density at radius 2 is 1.63 bits per heavy atom. The molecule has 1 unspecified atom stereocenters. The average Bonchev–Trinajstić information content (AvgIpc) is 2.92. The monoisotopic (exact) mass is 579 g/mol. The fourth-order valence-corrected chi connectivity index (χ4v) is 4.51. The summed E-state index contributed by atoms with van der Waals surface area (Å²) in [6.07, 6.45) is -9.25. The first-order valence-corrected chi connectivity index (χ1v) is 12.2. The van der Waals surface area contributed by atoms with Gasteiger partial charge in [-0.3, -0.25) is 0 Å². The minimum Gasteiger partial charge on any atom is -0.466 e. The van der Waals surface area contributed by atoms with Gasteiger partial charge < -0.3 is 15.0 Å². The Morgan fingerprint density at radius 3 is 2.27 bits per heavy atom. The van der Waals surface area contributed by atoms with Crippen LogP contribution in [0.25, 0.3) is 0 Å². The molecule has 1 aliphatic heterocycles. The van der Waals surface area contributed by atoms with E-state index in [2.05, 4.69) is 10.3 Å². The van der Waals surface area contributed by atoms with Crippen LogP contribution in [0.2, 0.25) is 0 Å². The number of nitrogens with zero attached hydrogens (tertiary/aromatic N) is 2. The fraction of sp³-hybridized carbons (Fsp3) is 0.241. The van der Waals surface area contributed by atoms with Crippen molar-refractivity contribution in [3.63, 3.8) is 0 Å². The number of halogens is 7. The Kier molecular flexibility index (Phi) is 8.41. The number of carbonyl (C=O) groups excluding carboxylic acids is 1. The predicted octanol–water partition coefficient (Wildman–Crippen LogP) is 7.01. The molecule has 0 fully saturated rings. The Labute approximate surface area is 231 Å². The zero-order valence-electron chi connectivity index (χ0n) is 21.8. The van der Waals surface area contributed by atoms with Gasteiger partial charge in [-0.1, -0.05) is 42.5 Å². The lowest BCUT2D eigenvalue weighted by molar-refractivity contribution is -0.139. The first kappa shape index (κ1) is 29.6. The third-order valence-corrected chi connectivity index (χ3v) is 6.54. The van der Waals surface area contributed by atoms with E-state index in [-0.39, 0.29) is 41.4 Å². The van der Waals surface area contributed by atoms with Gasteiger partial charge >= 0.3 is 18.3 Å². The van der Waals surface area contributed by atoms with E-state index in [1.54, 1.807) is 0 Å². The molecule has 41 heavy (non-hydrogen) atoms. The van der Waals surface area contributed by atoms with Crippen molar-refractivity contribution in [3.05, 3.63) is 118 Å². The summed E-state index contributed by atoms with van der Waals surface area (Å²) in [5.41, 5.74) is -1.04. The number of esters is 1. The molecular weight excluding hydrogens is 555 g/mol. The summed E-state index contributed by atoms with van der Waals surface area (Å²) >= 11 is 0. The van der Waals surface area contributed by atoms with E-state index in [0.29, 0.717) is 5.56 Å². The van der Waals surface area contributed by atoms with Gasteiger partial charge in [0.25, 0.3) is 0 Å². The van der Waals surface area contributed by atoms with E-state index in [4.69, 9.17) is 4.74 Å². The van der Waals surface area contributed by atoms with Crippen LogP contribution in [0.4, 0.5) is 30.7 Å². The number of allylic oxidation sites excluding steroid dienone is 1. The van der Waals surface area contributed by atoms with Gasteiger partial charge in [0.05, 0.1) is 42.9 Å². The van der Waals surface area contributed by atoms with Crippen LogP contribution < -0.4 is 5.32 Å². The molecule has 0 amide bonds. The molecule has 1 N–H and O–H groups in total. The lowest BCUT2D eigenvalue weighted by atomic mass is 9.94. The van der Waals surface area contributed by atoms with Gasteiger partial charge in [0.15, 0.2) is 5.96 Å². The second-order valence-corrected chi connectivity index (χ2v) is 9.20. The molecule has 0 saturated heterocycles. The largest absolute Gasteiger partial charge is 0.466 e. The second-order valence-electron chi connectivity index (χ2n) is 9.20. The van der Waals surface area contributed by atoms with Crippen molar-refractivity contribution in [2.75, 3.05) is 7.11 Å². The number of alkyl halides is 6. The molecule has 0 bridgehead atoms. The number of ether oxygens (including phenoxy) is 1. The molecule has 1 atom stereocenters. The molecule has 216 valence electrons. The highest BCUT2D eigenvalue weighted by Crippen LogP contribution is 2.36. The molecule has 0 spiro atoms. The van der Waals surface area contributed by atoms with Gasteiger partial charge in [0.1, 0.15) is 5.82 Å². The summed E-state index contributed by atoms with van der Waals surface area (Å²) in [5.74, 6) is -1.32. The van der Waals surface area contributed by atoms with Crippen molar-refractivity contribution in [2.24, 2.45) is 4.99 Å². The molecule has 0 saturated carbocycles. The van der Waals surface area contributed by atoms with Crippen molar-refractivity contribution < 1.29 is 40.3 Å². The number of carbonyl (C=O) groups is 1. The molecular formula is C29H24F7N3O2. The number of hydrogen-bond donors (Lipinski definition) is 1. The summed E-state index contributed by atoms with van der Waals surface area (Å²) in [6, 6.07) is 13.6. The molecule has 0 radical (unpaired) electrons. The van der Waals surface area contributed by atoms with Gasteiger partial charge in [-0.05, 0) is 53.9 Å². The van der Waals surface area contributed by atoms with Crippen LogP contribution in [0.5, 0.6) is 0 Å². The topological polar surface area (TPSA) is 53.9 Å². The molecule has 0 aliphatic carbocycles. The first-order chi connectivity index (χ1) is 19.3. The zero-order chi connectivity index (χ0) is 29.9. The third-order valence-electron chi connectivity index (χ3n) is 6.54. The number of methoxy groups -OCH3 is 1. The van der Waals surface area contributed by atoms with Crippen molar-refractivity contribution in [1.29, 1.82) is 0 Å². The van der Waals surface area contributed by atoms with Crippen LogP contribution >= 0.6 is 0 Å². The van der Waals surface area contributed by atoms with Gasteiger partial charge in [-0.25, -0.2) is 14.2 Å². The van der Waals surface area contributed by atoms with Gasteiger partial charge in [0.2, 0.25) is 0 Å². The lowest BCUT2D eigenvalue weighted by Gasteiger charge is -2.38. The molecule has 5 nitrogen and oxygen atoms in total. The number of guanidine groups is 1. The maximum absolute atomic E-state index is 13.8. The van der Waals surface area contributed by atoms with E-state index >= 15 is 0 Å². The third kappa shape index (κ3) is 6.69. The van der Waals surface area contributed by atoms with E-state index < -0.39 is 41.3 Å². The van der Waals surface area contributed by atoms with Crippen molar-refractivity contribution in [1.82, 2.24) is 10.2 Å². The van der Waals surface area contributed by atoms with E-state index in [9.17, 15) is 35.5 Å². The summed E-state index contributed by atoms with van der Waals surface area (Å²) < 4.78 is 99.8. The van der Waals surface area contributed by atoms with E-state index in [1.165, 1.54) is 66.4 Å². The normalized spacial score (nSPS) is 17.0. The highest BCUT2D eigenvalue weighted by atomic mass is 19.4. The number of nitrogens with one attached hydrogen (secondary N) is 1. The maximum atomic E-state index is 13.8. The molecule has 3 aromatic carbocycles. The average molecular weight is 580 g/mol.